The van der Waals surface area contributed by atoms with Crippen molar-refractivity contribution in [3.8, 4) is 5.75 Å². The average molecular weight is 274 g/mol. The van der Waals surface area contributed by atoms with Gasteiger partial charge in [0.05, 0.1) is 25.0 Å². The van der Waals surface area contributed by atoms with Crippen LogP contribution in [0, 0.1) is 6.92 Å². The number of nitrogens with zero attached hydrogens (tertiary/aromatic N) is 3. The Morgan fingerprint density at radius 2 is 2.10 bits per heavy atom. The van der Waals surface area contributed by atoms with E-state index in [1.54, 1.807) is 13.3 Å². The lowest BCUT2D eigenvalue weighted by Gasteiger charge is -2.21. The summed E-state index contributed by atoms with van der Waals surface area (Å²) in [6.45, 7) is 6.27. The summed E-state index contributed by atoms with van der Waals surface area (Å²) in [6.07, 6.45) is 3.59. The number of hydrogen-bond donors (Lipinski definition) is 1. The summed E-state index contributed by atoms with van der Waals surface area (Å²) in [7, 11) is 3.59. The second-order valence-corrected chi connectivity index (χ2v) is 5.12. The van der Waals surface area contributed by atoms with Gasteiger partial charge in [0.15, 0.2) is 5.75 Å². The van der Waals surface area contributed by atoms with E-state index in [-0.39, 0.29) is 12.1 Å². The van der Waals surface area contributed by atoms with Crippen molar-refractivity contribution >= 4 is 0 Å². The summed E-state index contributed by atoms with van der Waals surface area (Å²) in [5, 5.41) is 7.74. The molecule has 0 aliphatic carbocycles. The largest absolute Gasteiger partial charge is 0.493 e. The fourth-order valence-corrected chi connectivity index (χ4v) is 2.34. The molecule has 2 heterocycles. The Bertz CT molecular complexity index is 577. The van der Waals surface area contributed by atoms with E-state index in [9.17, 15) is 0 Å². The third-order valence-corrected chi connectivity index (χ3v) is 3.30. The SMILES string of the molecule is CNC(c1cc(C)ccn1)c1c(OC)cnn1C(C)C. The molecule has 5 heteroatoms. The fraction of sp³-hybridized carbons (Fsp3) is 0.467. The third-order valence-electron chi connectivity index (χ3n) is 3.30. The van der Waals surface area contributed by atoms with E-state index in [0.29, 0.717) is 0 Å². The van der Waals surface area contributed by atoms with Crippen LogP contribution in [-0.2, 0) is 0 Å². The molecule has 0 radical (unpaired) electrons. The van der Waals surface area contributed by atoms with Crippen molar-refractivity contribution in [3.63, 3.8) is 0 Å². The highest BCUT2D eigenvalue weighted by molar-refractivity contribution is 5.35. The zero-order valence-corrected chi connectivity index (χ0v) is 12.7. The molecule has 0 aliphatic rings. The van der Waals surface area contributed by atoms with Gasteiger partial charge in [-0.05, 0) is 45.5 Å². The number of pyridine rings is 1. The van der Waals surface area contributed by atoms with E-state index in [4.69, 9.17) is 4.74 Å². The van der Waals surface area contributed by atoms with Gasteiger partial charge in [0, 0.05) is 12.2 Å². The van der Waals surface area contributed by atoms with Crippen LogP contribution in [0.5, 0.6) is 5.75 Å². The first-order valence-corrected chi connectivity index (χ1v) is 6.79. The Morgan fingerprint density at radius 3 is 2.65 bits per heavy atom. The second-order valence-electron chi connectivity index (χ2n) is 5.12. The lowest BCUT2D eigenvalue weighted by molar-refractivity contribution is 0.395. The van der Waals surface area contributed by atoms with Crippen LogP contribution >= 0.6 is 0 Å². The first-order chi connectivity index (χ1) is 9.58. The minimum atomic E-state index is -0.0465. The zero-order valence-electron chi connectivity index (χ0n) is 12.7. The molecule has 1 N–H and O–H groups in total. The maximum Gasteiger partial charge on any atom is 0.162 e. The lowest BCUT2D eigenvalue weighted by Crippen LogP contribution is -2.24. The number of methoxy groups -OCH3 is 1. The van der Waals surface area contributed by atoms with Crippen LogP contribution in [0.4, 0.5) is 0 Å². The van der Waals surface area contributed by atoms with E-state index in [1.165, 1.54) is 5.56 Å². The lowest BCUT2D eigenvalue weighted by atomic mass is 10.1. The van der Waals surface area contributed by atoms with Gasteiger partial charge >= 0.3 is 0 Å². The first-order valence-electron chi connectivity index (χ1n) is 6.79. The Morgan fingerprint density at radius 1 is 1.35 bits per heavy atom. The number of nitrogens with one attached hydrogen (secondary N) is 1. The van der Waals surface area contributed by atoms with Crippen molar-refractivity contribution in [2.75, 3.05) is 14.2 Å². The predicted molar refractivity (Wildman–Crippen MR) is 79.0 cm³/mol. The van der Waals surface area contributed by atoms with Crippen LogP contribution in [-0.4, -0.2) is 28.9 Å². The zero-order chi connectivity index (χ0) is 14.7. The molecule has 0 spiro atoms. The van der Waals surface area contributed by atoms with Crippen LogP contribution in [0.2, 0.25) is 0 Å². The second kappa shape index (κ2) is 6.05. The van der Waals surface area contributed by atoms with E-state index in [2.05, 4.69) is 42.2 Å². The van der Waals surface area contributed by atoms with Gasteiger partial charge in [-0.1, -0.05) is 0 Å². The van der Waals surface area contributed by atoms with Crippen molar-refractivity contribution in [1.82, 2.24) is 20.1 Å². The van der Waals surface area contributed by atoms with Crippen molar-refractivity contribution in [3.05, 3.63) is 41.5 Å². The molecule has 0 bridgehead atoms. The number of rotatable bonds is 5. The molecule has 0 saturated heterocycles. The standard InChI is InChI=1S/C15H22N4O/c1-10(2)19-15(13(20-5)9-18-19)14(16-4)12-8-11(3)6-7-17-12/h6-10,14,16H,1-5H3. The minimum Gasteiger partial charge on any atom is -0.493 e. The Kier molecular flexibility index (Phi) is 4.39. The Hall–Kier alpha value is -1.88. The van der Waals surface area contributed by atoms with E-state index < -0.39 is 0 Å². The number of hydrogen-bond acceptors (Lipinski definition) is 4. The van der Waals surface area contributed by atoms with Gasteiger partial charge in [-0.15, -0.1) is 0 Å². The van der Waals surface area contributed by atoms with Crippen molar-refractivity contribution in [2.24, 2.45) is 0 Å². The smallest absolute Gasteiger partial charge is 0.162 e. The van der Waals surface area contributed by atoms with Gasteiger partial charge in [-0.2, -0.15) is 5.10 Å². The monoisotopic (exact) mass is 274 g/mol. The van der Waals surface area contributed by atoms with Crippen LogP contribution < -0.4 is 10.1 Å². The highest BCUT2D eigenvalue weighted by Gasteiger charge is 2.24. The molecule has 2 aromatic rings. The van der Waals surface area contributed by atoms with Gasteiger partial charge < -0.3 is 10.1 Å². The summed E-state index contributed by atoms with van der Waals surface area (Å²) in [6, 6.07) is 4.29. The molecule has 0 aromatic carbocycles. The molecule has 2 rings (SSSR count). The molecule has 0 fully saturated rings. The quantitative estimate of drug-likeness (QED) is 0.910. The molecule has 5 nitrogen and oxygen atoms in total. The molecule has 2 aromatic heterocycles. The van der Waals surface area contributed by atoms with Gasteiger partial charge in [0.1, 0.15) is 5.69 Å². The van der Waals surface area contributed by atoms with Crippen molar-refractivity contribution < 1.29 is 4.74 Å². The topological polar surface area (TPSA) is 52.0 Å². The minimum absolute atomic E-state index is 0.0465. The Labute approximate surface area is 120 Å². The number of ether oxygens (including phenoxy) is 1. The Balaban J connectivity index is 2.54. The van der Waals surface area contributed by atoms with E-state index >= 15 is 0 Å². The van der Waals surface area contributed by atoms with E-state index in [0.717, 1.165) is 17.1 Å². The van der Waals surface area contributed by atoms with Crippen LogP contribution in [0.1, 0.15) is 42.9 Å². The molecule has 20 heavy (non-hydrogen) atoms. The van der Waals surface area contributed by atoms with Crippen LogP contribution in [0.15, 0.2) is 24.5 Å². The predicted octanol–water partition coefficient (Wildman–Crippen LogP) is 2.48. The number of aryl methyl sites for hydroxylation is 1. The molecule has 0 saturated carbocycles. The highest BCUT2D eigenvalue weighted by atomic mass is 16.5. The van der Waals surface area contributed by atoms with Gasteiger partial charge in [-0.3, -0.25) is 9.67 Å². The van der Waals surface area contributed by atoms with E-state index in [1.807, 2.05) is 24.0 Å². The molecular formula is C15H22N4O. The van der Waals surface area contributed by atoms with Crippen LogP contribution in [0.25, 0.3) is 0 Å². The van der Waals surface area contributed by atoms with Crippen LogP contribution in [0.3, 0.4) is 0 Å². The summed E-state index contributed by atoms with van der Waals surface area (Å²) < 4.78 is 7.44. The number of aromatic nitrogens is 3. The summed E-state index contributed by atoms with van der Waals surface area (Å²) >= 11 is 0. The molecule has 108 valence electrons. The molecule has 0 amide bonds. The highest BCUT2D eigenvalue weighted by Crippen LogP contribution is 2.30. The maximum atomic E-state index is 5.46. The third kappa shape index (κ3) is 2.67. The van der Waals surface area contributed by atoms with Gasteiger partial charge in [-0.25, -0.2) is 0 Å². The normalized spacial score (nSPS) is 12.7. The fourth-order valence-electron chi connectivity index (χ4n) is 2.34. The maximum absolute atomic E-state index is 5.46. The molecule has 1 atom stereocenters. The van der Waals surface area contributed by atoms with Crippen molar-refractivity contribution in [1.29, 1.82) is 0 Å². The summed E-state index contributed by atoms with van der Waals surface area (Å²) in [5.74, 6) is 0.779. The van der Waals surface area contributed by atoms with Crippen molar-refractivity contribution in [2.45, 2.75) is 32.9 Å². The first kappa shape index (κ1) is 14.5. The molecule has 0 aliphatic heterocycles. The summed E-state index contributed by atoms with van der Waals surface area (Å²) in [5.41, 5.74) is 3.15. The van der Waals surface area contributed by atoms with Gasteiger partial charge in [0.2, 0.25) is 0 Å². The average Bonchev–Trinajstić information content (AvgIpc) is 2.84. The van der Waals surface area contributed by atoms with Gasteiger partial charge in [0.25, 0.3) is 0 Å². The summed E-state index contributed by atoms with van der Waals surface area (Å²) in [4.78, 5) is 4.48. The molecular weight excluding hydrogens is 252 g/mol. The molecule has 1 unspecified atom stereocenters.